The molecule has 0 bridgehead atoms. The van der Waals surface area contributed by atoms with Crippen LogP contribution in [0.5, 0.6) is 0 Å². The second-order valence-corrected chi connectivity index (χ2v) is 5.95. The number of nitrogens with zero attached hydrogens (tertiary/aromatic N) is 2. The minimum absolute atomic E-state index is 0.0265. The second kappa shape index (κ2) is 6.91. The van der Waals surface area contributed by atoms with Gasteiger partial charge in [0, 0.05) is 33.1 Å². The van der Waals surface area contributed by atoms with Gasteiger partial charge in [0.15, 0.2) is 0 Å². The summed E-state index contributed by atoms with van der Waals surface area (Å²) in [5.74, 6) is -0.464. The zero-order chi connectivity index (χ0) is 15.4. The van der Waals surface area contributed by atoms with Gasteiger partial charge in [0.1, 0.15) is 0 Å². The van der Waals surface area contributed by atoms with E-state index in [1.165, 1.54) is 7.11 Å². The third-order valence-electron chi connectivity index (χ3n) is 4.48. The van der Waals surface area contributed by atoms with E-state index < -0.39 is 0 Å². The maximum Gasteiger partial charge on any atom is 0.310 e. The minimum Gasteiger partial charge on any atom is -0.469 e. The van der Waals surface area contributed by atoms with E-state index in [1.807, 2.05) is 0 Å². The van der Waals surface area contributed by atoms with Crippen LogP contribution in [-0.2, 0) is 19.1 Å². The highest BCUT2D eigenvalue weighted by Crippen LogP contribution is 2.23. The largest absolute Gasteiger partial charge is 0.469 e. The van der Waals surface area contributed by atoms with Gasteiger partial charge in [-0.3, -0.25) is 14.4 Å². The van der Waals surface area contributed by atoms with Crippen LogP contribution in [0.3, 0.4) is 0 Å². The first-order valence-corrected chi connectivity index (χ1v) is 7.65. The maximum absolute atomic E-state index is 12.6. The van der Waals surface area contributed by atoms with E-state index >= 15 is 0 Å². The zero-order valence-corrected chi connectivity index (χ0v) is 12.8. The van der Waals surface area contributed by atoms with Crippen molar-refractivity contribution >= 4 is 17.8 Å². The summed E-state index contributed by atoms with van der Waals surface area (Å²) >= 11 is 0. The molecule has 2 atom stereocenters. The number of amides is 2. The van der Waals surface area contributed by atoms with Crippen molar-refractivity contribution in [1.82, 2.24) is 9.80 Å². The number of rotatable bonds is 2. The number of carbonyl (C=O) groups is 3. The van der Waals surface area contributed by atoms with Crippen LogP contribution in [0.4, 0.5) is 0 Å². The van der Waals surface area contributed by atoms with Crippen LogP contribution in [0, 0.1) is 11.8 Å². The van der Waals surface area contributed by atoms with Crippen LogP contribution in [0.15, 0.2) is 0 Å². The van der Waals surface area contributed by atoms with E-state index in [9.17, 15) is 14.4 Å². The van der Waals surface area contributed by atoms with Gasteiger partial charge in [0.2, 0.25) is 11.8 Å². The Hall–Kier alpha value is -1.59. The molecule has 6 nitrogen and oxygen atoms in total. The third kappa shape index (κ3) is 3.74. The molecule has 0 aromatic carbocycles. The van der Waals surface area contributed by atoms with Gasteiger partial charge < -0.3 is 14.5 Å². The van der Waals surface area contributed by atoms with E-state index in [0.29, 0.717) is 19.6 Å². The summed E-state index contributed by atoms with van der Waals surface area (Å²) in [7, 11) is 1.38. The summed E-state index contributed by atoms with van der Waals surface area (Å²) in [5.41, 5.74) is 0. The molecule has 0 radical (unpaired) electrons. The fourth-order valence-corrected chi connectivity index (χ4v) is 3.26. The Morgan fingerprint density at radius 1 is 0.952 bits per heavy atom. The Morgan fingerprint density at radius 3 is 2.14 bits per heavy atom. The number of methoxy groups -OCH3 is 1. The Bertz CT molecular complexity index is 424. The summed E-state index contributed by atoms with van der Waals surface area (Å²) in [6.07, 6.45) is 3.29. The lowest BCUT2D eigenvalue weighted by molar-refractivity contribution is -0.150. The molecule has 0 saturated carbocycles. The molecule has 21 heavy (non-hydrogen) atoms. The van der Waals surface area contributed by atoms with Gasteiger partial charge in [0.05, 0.1) is 18.9 Å². The van der Waals surface area contributed by atoms with E-state index in [0.717, 1.165) is 32.2 Å². The van der Waals surface area contributed by atoms with E-state index in [2.05, 4.69) is 0 Å². The standard InChI is InChI=1S/C15H24N2O4/c1-11(18)16-7-3-5-12(9-16)14(19)17-8-4-6-13(10-17)15(20)21-2/h12-13H,3-10H2,1-2H3/t12?,13-/m0/s1. The van der Waals surface area contributed by atoms with Crippen LogP contribution in [0.1, 0.15) is 32.6 Å². The smallest absolute Gasteiger partial charge is 0.310 e. The summed E-state index contributed by atoms with van der Waals surface area (Å²) in [6.45, 7) is 3.93. The monoisotopic (exact) mass is 296 g/mol. The highest BCUT2D eigenvalue weighted by atomic mass is 16.5. The molecule has 0 spiro atoms. The lowest BCUT2D eigenvalue weighted by Crippen LogP contribution is -2.49. The van der Waals surface area contributed by atoms with Gasteiger partial charge in [-0.2, -0.15) is 0 Å². The number of carbonyl (C=O) groups excluding carboxylic acids is 3. The van der Waals surface area contributed by atoms with Crippen LogP contribution in [-0.4, -0.2) is 60.9 Å². The second-order valence-electron chi connectivity index (χ2n) is 5.95. The fraction of sp³-hybridized carbons (Fsp3) is 0.800. The van der Waals surface area contributed by atoms with Crippen LogP contribution >= 0.6 is 0 Å². The highest BCUT2D eigenvalue weighted by molar-refractivity contribution is 5.82. The van der Waals surface area contributed by atoms with Crippen molar-refractivity contribution in [2.24, 2.45) is 11.8 Å². The number of likely N-dealkylation sites (tertiary alicyclic amines) is 2. The van der Waals surface area contributed by atoms with Crippen molar-refractivity contribution < 1.29 is 19.1 Å². The van der Waals surface area contributed by atoms with Gasteiger partial charge in [-0.05, 0) is 25.7 Å². The molecule has 2 fully saturated rings. The van der Waals surface area contributed by atoms with Gasteiger partial charge in [-0.1, -0.05) is 0 Å². The van der Waals surface area contributed by atoms with Crippen molar-refractivity contribution in [3.8, 4) is 0 Å². The van der Waals surface area contributed by atoms with Crippen LogP contribution < -0.4 is 0 Å². The average Bonchev–Trinajstić information content (AvgIpc) is 2.53. The highest BCUT2D eigenvalue weighted by Gasteiger charge is 2.34. The molecule has 2 amide bonds. The topological polar surface area (TPSA) is 66.9 Å². The minimum atomic E-state index is -0.235. The fourth-order valence-electron chi connectivity index (χ4n) is 3.26. The molecule has 6 heteroatoms. The first-order valence-electron chi connectivity index (χ1n) is 7.65. The molecule has 2 saturated heterocycles. The first-order chi connectivity index (χ1) is 10.0. The summed E-state index contributed by atoms with van der Waals surface area (Å²) in [4.78, 5) is 39.2. The number of hydrogen-bond acceptors (Lipinski definition) is 4. The summed E-state index contributed by atoms with van der Waals surface area (Å²) in [5, 5.41) is 0. The molecule has 118 valence electrons. The van der Waals surface area contributed by atoms with Gasteiger partial charge in [0.25, 0.3) is 0 Å². The Labute approximate surface area is 125 Å². The van der Waals surface area contributed by atoms with E-state index in [-0.39, 0.29) is 29.6 Å². The molecule has 0 N–H and O–H groups in total. The maximum atomic E-state index is 12.6. The molecule has 0 aromatic heterocycles. The normalized spacial score (nSPS) is 26.4. The van der Waals surface area contributed by atoms with E-state index in [1.54, 1.807) is 16.7 Å². The molecule has 2 rings (SSSR count). The molecule has 0 aromatic rings. The predicted octanol–water partition coefficient (Wildman–Crippen LogP) is 0.656. The summed E-state index contributed by atoms with van der Waals surface area (Å²) in [6, 6.07) is 0. The first kappa shape index (κ1) is 15.8. The van der Waals surface area contributed by atoms with E-state index in [4.69, 9.17) is 4.74 Å². The molecular formula is C15H24N2O4. The van der Waals surface area contributed by atoms with Gasteiger partial charge in [-0.15, -0.1) is 0 Å². The van der Waals surface area contributed by atoms with Gasteiger partial charge in [-0.25, -0.2) is 0 Å². The lowest BCUT2D eigenvalue weighted by atomic mass is 9.93. The molecule has 1 unspecified atom stereocenters. The van der Waals surface area contributed by atoms with Gasteiger partial charge >= 0.3 is 5.97 Å². The molecular weight excluding hydrogens is 272 g/mol. The molecule has 2 aliphatic rings. The van der Waals surface area contributed by atoms with Crippen molar-refractivity contribution in [1.29, 1.82) is 0 Å². The van der Waals surface area contributed by atoms with Crippen molar-refractivity contribution in [3.05, 3.63) is 0 Å². The van der Waals surface area contributed by atoms with Crippen molar-refractivity contribution in [2.75, 3.05) is 33.3 Å². The number of piperidine rings is 2. The lowest BCUT2D eigenvalue weighted by Gasteiger charge is -2.37. The molecule has 2 aliphatic heterocycles. The summed E-state index contributed by atoms with van der Waals surface area (Å²) < 4.78 is 4.78. The Kier molecular flexibility index (Phi) is 5.20. The Balaban J connectivity index is 1.95. The number of ether oxygens (including phenoxy) is 1. The van der Waals surface area contributed by atoms with Crippen molar-refractivity contribution in [2.45, 2.75) is 32.6 Å². The number of esters is 1. The third-order valence-corrected chi connectivity index (χ3v) is 4.48. The Morgan fingerprint density at radius 2 is 1.52 bits per heavy atom. The number of hydrogen-bond donors (Lipinski definition) is 0. The predicted molar refractivity (Wildman–Crippen MR) is 76.3 cm³/mol. The average molecular weight is 296 g/mol. The van der Waals surface area contributed by atoms with Crippen LogP contribution in [0.25, 0.3) is 0 Å². The molecule has 2 heterocycles. The quantitative estimate of drug-likeness (QED) is 0.702. The SMILES string of the molecule is COC(=O)[C@H]1CCCN(C(=O)C2CCCN(C(C)=O)C2)C1. The van der Waals surface area contributed by atoms with Crippen molar-refractivity contribution in [3.63, 3.8) is 0 Å². The zero-order valence-electron chi connectivity index (χ0n) is 12.8. The van der Waals surface area contributed by atoms with Crippen LogP contribution in [0.2, 0.25) is 0 Å². The molecule has 0 aliphatic carbocycles.